The molecule has 0 aliphatic rings. The molecule has 3 aromatic carbocycles. The van der Waals surface area contributed by atoms with Crippen LogP contribution < -0.4 is 10.6 Å². The van der Waals surface area contributed by atoms with Crippen molar-refractivity contribution in [3.8, 4) is 0 Å². The fourth-order valence-corrected chi connectivity index (χ4v) is 3.99. The zero-order valence-corrected chi connectivity index (χ0v) is 21.2. The van der Waals surface area contributed by atoms with E-state index in [0.717, 1.165) is 17.0 Å². The van der Waals surface area contributed by atoms with Gasteiger partial charge in [-0.15, -0.1) is 9.24 Å². The van der Waals surface area contributed by atoms with Crippen molar-refractivity contribution in [2.75, 3.05) is 0 Å². The lowest BCUT2D eigenvalue weighted by molar-refractivity contribution is -0.117. The Hall–Kier alpha value is -2.41. The molecule has 1 amide bonds. The van der Waals surface area contributed by atoms with Crippen molar-refractivity contribution in [2.45, 2.75) is 45.6 Å². The van der Waals surface area contributed by atoms with E-state index >= 15 is 0 Å². The fraction of sp³-hybridized carbons (Fsp3) is 0.250. The van der Waals surface area contributed by atoms with Gasteiger partial charge < -0.3 is 5.32 Å². The number of rotatable bonds is 6. The molecule has 0 aromatic heterocycles. The number of amides is 1. The second-order valence-electron chi connectivity index (χ2n) is 7.91. The van der Waals surface area contributed by atoms with Crippen LogP contribution in [0.2, 0.25) is 5.02 Å². The van der Waals surface area contributed by atoms with Crippen molar-refractivity contribution in [1.82, 2.24) is 5.32 Å². The zero-order valence-electron chi connectivity index (χ0n) is 19.3. The molecule has 4 heteroatoms. The molecule has 3 unspecified atom stereocenters. The number of allylic oxidation sites excluding steroid dienone is 1. The van der Waals surface area contributed by atoms with Crippen LogP contribution in [0.1, 0.15) is 50.8 Å². The van der Waals surface area contributed by atoms with E-state index < -0.39 is 0 Å². The maximum Gasteiger partial charge on any atom is 0.243 e. The molecule has 0 saturated heterocycles. The van der Waals surface area contributed by atoms with Gasteiger partial charge in [0.15, 0.2) is 0 Å². The Balaban J connectivity index is 0.000000309. The Morgan fingerprint density at radius 2 is 1.56 bits per heavy atom. The van der Waals surface area contributed by atoms with Gasteiger partial charge in [0, 0.05) is 16.5 Å². The average Bonchev–Trinajstić information content (AvgIpc) is 2.80. The molecule has 168 valence electrons. The van der Waals surface area contributed by atoms with Gasteiger partial charge in [0.05, 0.1) is 0 Å². The largest absolute Gasteiger partial charge is 0.350 e. The summed E-state index contributed by atoms with van der Waals surface area (Å²) in [5.74, 6) is -0.00292. The quantitative estimate of drug-likeness (QED) is 0.246. The summed E-state index contributed by atoms with van der Waals surface area (Å²) in [6.07, 6.45) is 4.24. The van der Waals surface area contributed by atoms with Crippen LogP contribution in [-0.4, -0.2) is 11.9 Å². The fourth-order valence-electron chi connectivity index (χ4n) is 3.48. The Morgan fingerprint density at radius 1 is 1.00 bits per heavy atom. The van der Waals surface area contributed by atoms with E-state index in [1.807, 2.05) is 45.0 Å². The van der Waals surface area contributed by atoms with Crippen molar-refractivity contribution in [1.29, 1.82) is 0 Å². The smallest absolute Gasteiger partial charge is 0.243 e. The summed E-state index contributed by atoms with van der Waals surface area (Å²) in [5.41, 5.74) is 3.31. The van der Waals surface area contributed by atoms with Gasteiger partial charge in [-0.05, 0) is 61.3 Å². The Bertz CT molecular complexity index is 1020. The summed E-state index contributed by atoms with van der Waals surface area (Å²) >= 11 is 6.54. The van der Waals surface area contributed by atoms with Crippen LogP contribution in [0.15, 0.2) is 91.0 Å². The van der Waals surface area contributed by atoms with Crippen molar-refractivity contribution in [3.05, 3.63) is 113 Å². The molecule has 0 fully saturated rings. The summed E-state index contributed by atoms with van der Waals surface area (Å²) in [5, 5.41) is 4.78. The molecule has 1 N–H and O–H groups in total. The van der Waals surface area contributed by atoms with Gasteiger partial charge in [0.1, 0.15) is 0 Å². The number of nitrogens with one attached hydrogen (secondary N) is 1. The van der Waals surface area contributed by atoms with Gasteiger partial charge in [-0.25, -0.2) is 0 Å². The topological polar surface area (TPSA) is 29.1 Å². The first-order valence-corrected chi connectivity index (χ1v) is 11.9. The minimum absolute atomic E-state index is 0.00292. The van der Waals surface area contributed by atoms with E-state index in [1.165, 1.54) is 22.5 Å². The van der Waals surface area contributed by atoms with E-state index in [9.17, 15) is 4.79 Å². The van der Waals surface area contributed by atoms with Crippen molar-refractivity contribution >= 4 is 32.1 Å². The van der Waals surface area contributed by atoms with Crippen LogP contribution in [0, 0.1) is 0 Å². The summed E-state index contributed by atoms with van der Waals surface area (Å²) in [4.78, 5) is 10.8. The second kappa shape index (κ2) is 12.6. The molecule has 0 spiro atoms. The number of hydrogen-bond acceptors (Lipinski definition) is 1. The van der Waals surface area contributed by atoms with Crippen LogP contribution in [0.3, 0.4) is 0 Å². The van der Waals surface area contributed by atoms with Gasteiger partial charge in [-0.1, -0.05) is 97.4 Å². The standard InChI is InChI=1S/C20H18ClP.C8H15NO/c1-20(15-7-3-2-4-8-15,16-11-13-17(22)14-12-16)18-9-5-6-10-19(18)21;1-4-6-8(10)9-7(3)5-2/h2-14H,22H2,1H3;4,6-7H,5H2,1-3H3,(H,9,10)/b;6-4+. The Kier molecular flexibility index (Phi) is 10.2. The van der Waals surface area contributed by atoms with Crippen LogP contribution >= 0.6 is 20.8 Å². The zero-order chi connectivity index (χ0) is 23.6. The number of halogens is 1. The maximum absolute atomic E-state index is 10.8. The third-order valence-corrected chi connectivity index (χ3v) is 6.29. The molecular formula is C28H33ClNOP. The molecule has 3 rings (SSSR count). The van der Waals surface area contributed by atoms with Crippen LogP contribution in [0.4, 0.5) is 0 Å². The highest BCUT2D eigenvalue weighted by atomic mass is 35.5. The van der Waals surface area contributed by atoms with Gasteiger partial charge in [-0.3, -0.25) is 4.79 Å². The van der Waals surface area contributed by atoms with E-state index in [1.54, 1.807) is 6.08 Å². The van der Waals surface area contributed by atoms with Crippen LogP contribution in [0.25, 0.3) is 0 Å². The number of carbonyl (C=O) groups is 1. The highest BCUT2D eigenvalue weighted by Crippen LogP contribution is 2.41. The van der Waals surface area contributed by atoms with Crippen molar-refractivity contribution in [2.24, 2.45) is 0 Å². The van der Waals surface area contributed by atoms with Crippen molar-refractivity contribution < 1.29 is 4.79 Å². The first kappa shape index (κ1) is 25.8. The summed E-state index contributed by atoms with van der Waals surface area (Å²) in [6, 6.07) is 27.5. The first-order valence-electron chi connectivity index (χ1n) is 10.9. The molecule has 0 heterocycles. The Morgan fingerprint density at radius 3 is 2.12 bits per heavy atom. The SMILES string of the molecule is C/C=C/C(=O)NC(C)CC.CC(c1ccccc1)(c1ccc(P)cc1)c1ccccc1Cl. The average molecular weight is 466 g/mol. The molecule has 32 heavy (non-hydrogen) atoms. The molecule has 2 nitrogen and oxygen atoms in total. The van der Waals surface area contributed by atoms with E-state index in [2.05, 4.69) is 76.1 Å². The number of benzene rings is 3. The highest BCUT2D eigenvalue weighted by molar-refractivity contribution is 7.27. The number of hydrogen-bond donors (Lipinski definition) is 1. The summed E-state index contributed by atoms with van der Waals surface area (Å²) in [7, 11) is 2.73. The number of carbonyl (C=O) groups excluding carboxylic acids is 1. The van der Waals surface area contributed by atoms with Gasteiger partial charge in [0.25, 0.3) is 0 Å². The third kappa shape index (κ3) is 6.79. The Labute approximate surface area is 200 Å². The van der Waals surface area contributed by atoms with E-state index in [0.29, 0.717) is 0 Å². The molecule has 0 aliphatic heterocycles. The molecule has 0 radical (unpaired) electrons. The molecule has 3 atom stereocenters. The lowest BCUT2D eigenvalue weighted by atomic mass is 9.71. The minimum Gasteiger partial charge on any atom is -0.350 e. The van der Waals surface area contributed by atoms with Gasteiger partial charge in [-0.2, -0.15) is 0 Å². The normalized spacial score (nSPS) is 13.6. The van der Waals surface area contributed by atoms with E-state index in [-0.39, 0.29) is 17.4 Å². The maximum atomic E-state index is 10.8. The molecular weight excluding hydrogens is 433 g/mol. The summed E-state index contributed by atoms with van der Waals surface area (Å²) in [6.45, 7) is 8.10. The lowest BCUT2D eigenvalue weighted by Crippen LogP contribution is -2.30. The van der Waals surface area contributed by atoms with Crippen molar-refractivity contribution in [3.63, 3.8) is 0 Å². The summed E-state index contributed by atoms with van der Waals surface area (Å²) < 4.78 is 0. The third-order valence-electron chi connectivity index (χ3n) is 5.57. The minimum atomic E-state index is -0.280. The lowest BCUT2D eigenvalue weighted by Gasteiger charge is -2.32. The molecule has 3 aromatic rings. The van der Waals surface area contributed by atoms with E-state index in [4.69, 9.17) is 11.6 Å². The van der Waals surface area contributed by atoms with Gasteiger partial charge >= 0.3 is 0 Å². The predicted molar refractivity (Wildman–Crippen MR) is 142 cm³/mol. The predicted octanol–water partition coefficient (Wildman–Crippen LogP) is 6.67. The molecule has 0 aliphatic carbocycles. The second-order valence-corrected chi connectivity index (χ2v) is 8.98. The molecule has 0 bridgehead atoms. The van der Waals surface area contributed by atoms with Gasteiger partial charge in [0.2, 0.25) is 5.91 Å². The first-order chi connectivity index (χ1) is 15.3. The highest BCUT2D eigenvalue weighted by Gasteiger charge is 2.32. The monoisotopic (exact) mass is 465 g/mol. The molecule has 0 saturated carbocycles. The van der Waals surface area contributed by atoms with Crippen LogP contribution in [0.5, 0.6) is 0 Å². The van der Waals surface area contributed by atoms with Crippen LogP contribution in [-0.2, 0) is 10.2 Å².